The molecule has 2 aromatic rings. The van der Waals surface area contributed by atoms with Gasteiger partial charge in [-0.3, -0.25) is 5.10 Å². The third-order valence-corrected chi connectivity index (χ3v) is 3.62. The highest BCUT2D eigenvalue weighted by Crippen LogP contribution is 2.35. The Bertz CT molecular complexity index is 590. The van der Waals surface area contributed by atoms with Crippen LogP contribution in [0.15, 0.2) is 24.3 Å². The van der Waals surface area contributed by atoms with E-state index in [0.29, 0.717) is 18.7 Å². The molecule has 4 nitrogen and oxygen atoms in total. The van der Waals surface area contributed by atoms with E-state index in [0.717, 1.165) is 17.1 Å². The van der Waals surface area contributed by atoms with Gasteiger partial charge in [0.25, 0.3) is 0 Å². The Morgan fingerprint density at radius 1 is 1.35 bits per heavy atom. The maximum atomic E-state index is 12.4. The highest BCUT2D eigenvalue weighted by molar-refractivity contribution is 5.62. The smallest absolute Gasteiger partial charge is 0.241 e. The minimum atomic E-state index is -2.20. The Balaban J connectivity index is 1.67. The highest BCUT2D eigenvalue weighted by atomic mass is 19.3. The van der Waals surface area contributed by atoms with Gasteiger partial charge in [0.05, 0.1) is 0 Å². The predicted octanol–water partition coefficient (Wildman–Crippen LogP) is 3.24. The topological polar surface area (TPSA) is 53.6 Å². The van der Waals surface area contributed by atoms with Crippen molar-refractivity contribution in [1.29, 1.82) is 0 Å². The summed E-state index contributed by atoms with van der Waals surface area (Å²) in [5.74, 6) is 0.952. The van der Waals surface area contributed by atoms with Crippen LogP contribution in [0.2, 0.25) is 0 Å². The molecule has 0 amide bonds. The van der Waals surface area contributed by atoms with E-state index < -0.39 is 12.3 Å². The van der Waals surface area contributed by atoms with Gasteiger partial charge in [-0.2, -0.15) is 5.10 Å². The number of aryl methyl sites for hydroxylation is 1. The van der Waals surface area contributed by atoms with Crippen molar-refractivity contribution < 1.29 is 8.78 Å². The molecule has 20 heavy (non-hydrogen) atoms. The SMILES string of the molecule is Cc1nc(-c2cccc(NC3CC(C(F)F)C3)c2)n[nH]1. The van der Waals surface area contributed by atoms with E-state index >= 15 is 0 Å². The lowest BCUT2D eigenvalue weighted by molar-refractivity contribution is 0.0281. The third kappa shape index (κ3) is 2.64. The number of hydrogen-bond donors (Lipinski definition) is 2. The molecule has 0 unspecified atom stereocenters. The van der Waals surface area contributed by atoms with Crippen LogP contribution in [0, 0.1) is 12.8 Å². The normalized spacial score (nSPS) is 21.8. The quantitative estimate of drug-likeness (QED) is 0.902. The van der Waals surface area contributed by atoms with Gasteiger partial charge < -0.3 is 5.32 Å². The van der Waals surface area contributed by atoms with Gasteiger partial charge in [-0.15, -0.1) is 0 Å². The second-order valence-corrected chi connectivity index (χ2v) is 5.23. The number of benzene rings is 1. The Labute approximate surface area is 115 Å². The maximum Gasteiger partial charge on any atom is 0.241 e. The second-order valence-electron chi connectivity index (χ2n) is 5.23. The number of aromatic amines is 1. The molecule has 106 valence electrons. The number of H-pyrrole nitrogens is 1. The summed E-state index contributed by atoms with van der Waals surface area (Å²) in [4.78, 5) is 4.28. The van der Waals surface area contributed by atoms with Crippen LogP contribution in [0.1, 0.15) is 18.7 Å². The first-order valence-electron chi connectivity index (χ1n) is 6.66. The van der Waals surface area contributed by atoms with Gasteiger partial charge in [-0.25, -0.2) is 13.8 Å². The van der Waals surface area contributed by atoms with E-state index in [9.17, 15) is 8.78 Å². The van der Waals surface area contributed by atoms with Crippen molar-refractivity contribution in [3.63, 3.8) is 0 Å². The van der Waals surface area contributed by atoms with Gasteiger partial charge >= 0.3 is 0 Å². The predicted molar refractivity (Wildman–Crippen MR) is 72.7 cm³/mol. The molecule has 0 saturated heterocycles. The van der Waals surface area contributed by atoms with Crippen molar-refractivity contribution in [2.24, 2.45) is 5.92 Å². The van der Waals surface area contributed by atoms with Gasteiger partial charge in [0.1, 0.15) is 5.82 Å². The molecule has 0 aliphatic heterocycles. The summed E-state index contributed by atoms with van der Waals surface area (Å²) in [5.41, 5.74) is 1.83. The zero-order valence-electron chi connectivity index (χ0n) is 11.1. The van der Waals surface area contributed by atoms with Crippen molar-refractivity contribution >= 4 is 5.69 Å². The summed E-state index contributed by atoms with van der Waals surface area (Å²) >= 11 is 0. The van der Waals surface area contributed by atoms with Crippen LogP contribution < -0.4 is 5.32 Å². The van der Waals surface area contributed by atoms with Crippen LogP contribution in [0.4, 0.5) is 14.5 Å². The molecule has 1 fully saturated rings. The average Bonchev–Trinajstić information content (AvgIpc) is 2.80. The van der Waals surface area contributed by atoms with Crippen LogP contribution in [-0.4, -0.2) is 27.6 Å². The van der Waals surface area contributed by atoms with Crippen LogP contribution in [-0.2, 0) is 0 Å². The summed E-state index contributed by atoms with van der Waals surface area (Å²) in [6.45, 7) is 1.84. The fourth-order valence-electron chi connectivity index (χ4n) is 2.44. The molecule has 1 saturated carbocycles. The number of alkyl halides is 2. The van der Waals surface area contributed by atoms with Crippen LogP contribution in [0.25, 0.3) is 11.4 Å². The first-order valence-corrected chi connectivity index (χ1v) is 6.66. The lowest BCUT2D eigenvalue weighted by Gasteiger charge is -2.35. The standard InChI is InChI=1S/C14H16F2N4/c1-8-17-14(20-19-8)9-3-2-4-11(5-9)18-12-6-10(7-12)13(15)16/h2-5,10,12-13,18H,6-7H2,1H3,(H,17,19,20). The van der Waals surface area contributed by atoms with Gasteiger partial charge in [0.2, 0.25) is 6.43 Å². The van der Waals surface area contributed by atoms with E-state index in [1.54, 1.807) is 0 Å². The van der Waals surface area contributed by atoms with Gasteiger partial charge in [-0.1, -0.05) is 12.1 Å². The number of anilines is 1. The van der Waals surface area contributed by atoms with E-state index in [4.69, 9.17) is 0 Å². The minimum absolute atomic E-state index is 0.137. The summed E-state index contributed by atoms with van der Waals surface area (Å²) in [6, 6.07) is 7.85. The molecule has 1 aromatic heterocycles. The average molecular weight is 278 g/mol. The summed E-state index contributed by atoms with van der Waals surface area (Å²) < 4.78 is 24.9. The molecule has 0 radical (unpaired) electrons. The molecule has 0 atom stereocenters. The Kier molecular flexibility index (Phi) is 3.38. The number of aromatic nitrogens is 3. The molecule has 6 heteroatoms. The molecule has 2 N–H and O–H groups in total. The first kappa shape index (κ1) is 13.0. The zero-order chi connectivity index (χ0) is 14.1. The number of rotatable bonds is 4. The van der Waals surface area contributed by atoms with Gasteiger partial charge in [-0.05, 0) is 31.9 Å². The van der Waals surface area contributed by atoms with E-state index in [2.05, 4.69) is 20.5 Å². The molecule has 0 spiro atoms. The highest BCUT2D eigenvalue weighted by Gasteiger charge is 2.35. The molecule has 3 rings (SSSR count). The summed E-state index contributed by atoms with van der Waals surface area (Å²) in [7, 11) is 0. The van der Waals surface area contributed by atoms with Crippen molar-refractivity contribution in [3.05, 3.63) is 30.1 Å². The first-order chi connectivity index (χ1) is 9.61. The molecule has 1 aliphatic carbocycles. The lowest BCUT2D eigenvalue weighted by Crippen LogP contribution is -2.38. The number of nitrogens with one attached hydrogen (secondary N) is 2. The Morgan fingerprint density at radius 3 is 2.80 bits per heavy atom. The zero-order valence-corrected chi connectivity index (χ0v) is 11.1. The second kappa shape index (κ2) is 5.19. The third-order valence-electron chi connectivity index (χ3n) is 3.62. The molecule has 0 bridgehead atoms. The maximum absolute atomic E-state index is 12.4. The fourth-order valence-corrected chi connectivity index (χ4v) is 2.44. The van der Waals surface area contributed by atoms with Crippen LogP contribution >= 0.6 is 0 Å². The Morgan fingerprint density at radius 2 is 2.15 bits per heavy atom. The van der Waals surface area contributed by atoms with E-state index in [-0.39, 0.29) is 6.04 Å². The minimum Gasteiger partial charge on any atom is -0.382 e. The summed E-state index contributed by atoms with van der Waals surface area (Å²) in [6.07, 6.45) is -1.14. The van der Waals surface area contributed by atoms with Crippen molar-refractivity contribution in [2.45, 2.75) is 32.2 Å². The molecule has 1 aliphatic rings. The lowest BCUT2D eigenvalue weighted by atomic mass is 9.80. The van der Waals surface area contributed by atoms with Crippen molar-refractivity contribution in [2.75, 3.05) is 5.32 Å². The largest absolute Gasteiger partial charge is 0.382 e. The fraction of sp³-hybridized carbons (Fsp3) is 0.429. The van der Waals surface area contributed by atoms with Gasteiger partial charge in [0, 0.05) is 23.2 Å². The van der Waals surface area contributed by atoms with Gasteiger partial charge in [0.15, 0.2) is 5.82 Å². The molecule has 1 heterocycles. The van der Waals surface area contributed by atoms with Crippen molar-refractivity contribution in [1.82, 2.24) is 15.2 Å². The molecule has 1 aromatic carbocycles. The monoisotopic (exact) mass is 278 g/mol. The number of nitrogens with zero attached hydrogens (tertiary/aromatic N) is 2. The molecular formula is C14H16F2N4. The summed E-state index contributed by atoms with van der Waals surface area (Å²) in [5, 5.41) is 10.2. The van der Waals surface area contributed by atoms with Crippen molar-refractivity contribution in [3.8, 4) is 11.4 Å². The van der Waals surface area contributed by atoms with E-state index in [1.807, 2.05) is 31.2 Å². The number of hydrogen-bond acceptors (Lipinski definition) is 3. The van der Waals surface area contributed by atoms with Crippen LogP contribution in [0.3, 0.4) is 0 Å². The van der Waals surface area contributed by atoms with E-state index in [1.165, 1.54) is 0 Å². The van der Waals surface area contributed by atoms with Crippen LogP contribution in [0.5, 0.6) is 0 Å². The Hall–Kier alpha value is -1.98. The number of halogens is 2. The molecular weight excluding hydrogens is 262 g/mol.